The summed E-state index contributed by atoms with van der Waals surface area (Å²) < 4.78 is 13.2. The summed E-state index contributed by atoms with van der Waals surface area (Å²) in [7, 11) is 0. The average molecular weight is 258 g/mol. The van der Waals surface area contributed by atoms with E-state index in [1.807, 2.05) is 6.07 Å². The highest BCUT2D eigenvalue weighted by Gasteiger charge is 2.09. The zero-order valence-corrected chi connectivity index (χ0v) is 11.4. The Balaban J connectivity index is 2.39. The molecular weight excluding hydrogens is 237 g/mol. The molecule has 1 nitrogen and oxygen atoms in total. The fraction of sp³-hybridized carbons (Fsp3) is 0.571. The van der Waals surface area contributed by atoms with Gasteiger partial charge in [0.2, 0.25) is 0 Å². The van der Waals surface area contributed by atoms with Crippen molar-refractivity contribution in [1.29, 1.82) is 0 Å². The molecule has 1 rings (SSSR count). The van der Waals surface area contributed by atoms with E-state index in [-0.39, 0.29) is 10.8 Å². The largest absolute Gasteiger partial charge is 0.317 e. The summed E-state index contributed by atoms with van der Waals surface area (Å²) in [6, 6.07) is 5.03. The van der Waals surface area contributed by atoms with Gasteiger partial charge in [-0.2, -0.15) is 0 Å². The number of nitrogens with one attached hydrogen (secondary N) is 1. The number of halogens is 2. The molecule has 1 unspecified atom stereocenters. The third-order valence-electron chi connectivity index (χ3n) is 2.84. The van der Waals surface area contributed by atoms with Crippen LogP contribution in [0.25, 0.3) is 0 Å². The van der Waals surface area contributed by atoms with Crippen LogP contribution in [0.4, 0.5) is 4.39 Å². The molecule has 1 atom stereocenters. The van der Waals surface area contributed by atoms with Crippen molar-refractivity contribution in [1.82, 2.24) is 5.32 Å². The van der Waals surface area contributed by atoms with Crippen molar-refractivity contribution >= 4 is 11.6 Å². The Kier molecular flexibility index (Phi) is 6.53. The van der Waals surface area contributed by atoms with Crippen molar-refractivity contribution in [3.63, 3.8) is 0 Å². The standard InChI is InChI=1S/C14H21ClFN/c1-3-8-17-9-7-11(2)10-12-5-4-6-13(16)14(12)15/h4-6,11,17H,3,7-10H2,1-2H3. The molecule has 0 aliphatic rings. The highest BCUT2D eigenvalue weighted by molar-refractivity contribution is 6.31. The molecule has 0 fully saturated rings. The second-order valence-corrected chi connectivity index (χ2v) is 4.94. The second-order valence-electron chi connectivity index (χ2n) is 4.56. The van der Waals surface area contributed by atoms with Gasteiger partial charge < -0.3 is 5.32 Å². The van der Waals surface area contributed by atoms with Crippen molar-refractivity contribution in [3.8, 4) is 0 Å². The molecule has 0 saturated carbocycles. The number of rotatable bonds is 7. The fourth-order valence-electron chi connectivity index (χ4n) is 1.83. The molecular formula is C14H21ClFN. The first kappa shape index (κ1) is 14.5. The Morgan fingerprint density at radius 3 is 2.82 bits per heavy atom. The molecule has 0 radical (unpaired) electrons. The third kappa shape index (κ3) is 5.05. The molecule has 0 aliphatic carbocycles. The zero-order valence-electron chi connectivity index (χ0n) is 10.6. The van der Waals surface area contributed by atoms with Crippen LogP contribution in [0.2, 0.25) is 5.02 Å². The summed E-state index contributed by atoms with van der Waals surface area (Å²) >= 11 is 5.93. The van der Waals surface area contributed by atoms with E-state index in [2.05, 4.69) is 19.2 Å². The lowest BCUT2D eigenvalue weighted by Gasteiger charge is -2.13. The van der Waals surface area contributed by atoms with Gasteiger partial charge in [-0.3, -0.25) is 0 Å². The van der Waals surface area contributed by atoms with Crippen LogP contribution in [0.5, 0.6) is 0 Å². The molecule has 0 heterocycles. The van der Waals surface area contributed by atoms with Crippen LogP contribution in [0, 0.1) is 11.7 Å². The first-order valence-corrected chi connectivity index (χ1v) is 6.66. The summed E-state index contributed by atoms with van der Waals surface area (Å²) in [6.45, 7) is 6.41. The van der Waals surface area contributed by atoms with Crippen LogP contribution >= 0.6 is 11.6 Å². The van der Waals surface area contributed by atoms with Gasteiger partial charge in [0, 0.05) is 0 Å². The van der Waals surface area contributed by atoms with Gasteiger partial charge in [-0.15, -0.1) is 0 Å². The van der Waals surface area contributed by atoms with Crippen molar-refractivity contribution in [2.24, 2.45) is 5.92 Å². The summed E-state index contributed by atoms with van der Waals surface area (Å²) in [4.78, 5) is 0. The van der Waals surface area contributed by atoms with Crippen LogP contribution in [-0.4, -0.2) is 13.1 Å². The molecule has 3 heteroatoms. The van der Waals surface area contributed by atoms with Gasteiger partial charge in [0.1, 0.15) is 5.82 Å². The first-order chi connectivity index (χ1) is 8.15. The van der Waals surface area contributed by atoms with Crippen LogP contribution in [0.1, 0.15) is 32.3 Å². The van der Waals surface area contributed by atoms with Crippen LogP contribution in [-0.2, 0) is 6.42 Å². The molecule has 0 bridgehead atoms. The highest BCUT2D eigenvalue weighted by Crippen LogP contribution is 2.23. The molecule has 0 aromatic heterocycles. The SMILES string of the molecule is CCCNCCC(C)Cc1cccc(F)c1Cl. The number of hydrogen-bond acceptors (Lipinski definition) is 1. The van der Waals surface area contributed by atoms with Crippen LogP contribution in [0.3, 0.4) is 0 Å². The molecule has 0 aliphatic heterocycles. The Morgan fingerprint density at radius 2 is 2.12 bits per heavy atom. The maximum Gasteiger partial charge on any atom is 0.142 e. The minimum atomic E-state index is -0.319. The van der Waals surface area contributed by atoms with Gasteiger partial charge in [0.25, 0.3) is 0 Å². The minimum absolute atomic E-state index is 0.279. The Hall–Kier alpha value is -0.600. The quantitative estimate of drug-likeness (QED) is 0.727. The predicted molar refractivity (Wildman–Crippen MR) is 72.1 cm³/mol. The first-order valence-electron chi connectivity index (χ1n) is 6.28. The highest BCUT2D eigenvalue weighted by atomic mass is 35.5. The maximum absolute atomic E-state index is 13.2. The van der Waals surface area contributed by atoms with Crippen molar-refractivity contribution in [3.05, 3.63) is 34.6 Å². The minimum Gasteiger partial charge on any atom is -0.317 e. The van der Waals surface area contributed by atoms with Gasteiger partial charge in [-0.1, -0.05) is 37.6 Å². The molecule has 0 spiro atoms. The lowest BCUT2D eigenvalue weighted by Crippen LogP contribution is -2.18. The second kappa shape index (κ2) is 7.67. The summed E-state index contributed by atoms with van der Waals surface area (Å²) in [5.74, 6) is 0.194. The molecule has 1 aromatic carbocycles. The van der Waals surface area contributed by atoms with Gasteiger partial charge in [-0.25, -0.2) is 4.39 Å². The van der Waals surface area contributed by atoms with E-state index in [4.69, 9.17) is 11.6 Å². The zero-order chi connectivity index (χ0) is 12.7. The summed E-state index contributed by atoms with van der Waals surface area (Å²) in [6.07, 6.45) is 3.08. The van der Waals surface area contributed by atoms with Crippen LogP contribution in [0.15, 0.2) is 18.2 Å². The van der Waals surface area contributed by atoms with E-state index >= 15 is 0 Å². The van der Waals surface area contributed by atoms with Gasteiger partial charge >= 0.3 is 0 Å². The van der Waals surface area contributed by atoms with Gasteiger partial charge in [0.15, 0.2) is 0 Å². The van der Waals surface area contributed by atoms with Gasteiger partial charge in [-0.05, 0) is 49.9 Å². The lowest BCUT2D eigenvalue weighted by atomic mass is 9.98. The van der Waals surface area contributed by atoms with E-state index in [0.29, 0.717) is 5.92 Å². The molecule has 0 amide bonds. The molecule has 1 aromatic rings. The molecule has 0 saturated heterocycles. The van der Waals surface area contributed by atoms with Crippen LogP contribution < -0.4 is 5.32 Å². The lowest BCUT2D eigenvalue weighted by molar-refractivity contribution is 0.497. The smallest absolute Gasteiger partial charge is 0.142 e. The van der Waals surface area contributed by atoms with E-state index in [9.17, 15) is 4.39 Å². The molecule has 1 N–H and O–H groups in total. The maximum atomic E-state index is 13.2. The van der Waals surface area contributed by atoms with Crippen molar-refractivity contribution in [2.75, 3.05) is 13.1 Å². The average Bonchev–Trinajstić information content (AvgIpc) is 2.31. The monoisotopic (exact) mass is 257 g/mol. The normalized spacial score (nSPS) is 12.7. The summed E-state index contributed by atoms with van der Waals surface area (Å²) in [5, 5.41) is 3.65. The van der Waals surface area contributed by atoms with Crippen molar-refractivity contribution < 1.29 is 4.39 Å². The fourth-order valence-corrected chi connectivity index (χ4v) is 2.04. The molecule has 17 heavy (non-hydrogen) atoms. The number of hydrogen-bond donors (Lipinski definition) is 1. The van der Waals surface area contributed by atoms with E-state index < -0.39 is 0 Å². The Morgan fingerprint density at radius 1 is 1.35 bits per heavy atom. The number of benzene rings is 1. The Bertz CT molecular complexity index is 341. The Labute approximate surface area is 108 Å². The predicted octanol–water partition coefficient (Wildman–Crippen LogP) is 4.05. The third-order valence-corrected chi connectivity index (χ3v) is 3.26. The molecule has 96 valence electrons. The van der Waals surface area contributed by atoms with E-state index in [0.717, 1.165) is 37.9 Å². The van der Waals surface area contributed by atoms with E-state index in [1.54, 1.807) is 6.07 Å². The van der Waals surface area contributed by atoms with E-state index in [1.165, 1.54) is 6.07 Å². The summed E-state index contributed by atoms with van der Waals surface area (Å²) in [5.41, 5.74) is 0.912. The topological polar surface area (TPSA) is 12.0 Å². The van der Waals surface area contributed by atoms with Crippen molar-refractivity contribution in [2.45, 2.75) is 33.1 Å². The van der Waals surface area contributed by atoms with Gasteiger partial charge in [0.05, 0.1) is 5.02 Å².